The van der Waals surface area contributed by atoms with E-state index < -0.39 is 6.09 Å². The lowest BCUT2D eigenvalue weighted by molar-refractivity contribution is -0.142. The van der Waals surface area contributed by atoms with Gasteiger partial charge in [-0.05, 0) is 12.8 Å². The molecule has 0 spiro atoms. The van der Waals surface area contributed by atoms with Gasteiger partial charge in [-0.2, -0.15) is 0 Å². The summed E-state index contributed by atoms with van der Waals surface area (Å²) in [5, 5.41) is 0. The van der Waals surface area contributed by atoms with Crippen LogP contribution in [0.25, 0.3) is 0 Å². The van der Waals surface area contributed by atoms with Crippen molar-refractivity contribution in [3.05, 3.63) is 0 Å². The zero-order valence-corrected chi connectivity index (χ0v) is 9.33. The van der Waals surface area contributed by atoms with Gasteiger partial charge in [0.25, 0.3) is 0 Å². The van der Waals surface area contributed by atoms with Gasteiger partial charge in [0.2, 0.25) is 0 Å². The molecule has 0 radical (unpaired) electrons. The Kier molecular flexibility index (Phi) is 4.68. The number of alkyl halides is 1. The van der Waals surface area contributed by atoms with Gasteiger partial charge >= 0.3 is 12.1 Å². The summed E-state index contributed by atoms with van der Waals surface area (Å²) in [6, 6.07) is -0.236. The van der Waals surface area contributed by atoms with Crippen molar-refractivity contribution in [2.24, 2.45) is 0 Å². The third-order valence-corrected chi connectivity index (χ3v) is 2.38. The highest BCUT2D eigenvalue weighted by atomic mass is 35.5. The maximum atomic E-state index is 11.4. The first-order valence-electron chi connectivity index (χ1n) is 4.78. The normalized spacial score (nSPS) is 20.1. The Morgan fingerprint density at radius 3 is 2.80 bits per heavy atom. The van der Waals surface area contributed by atoms with E-state index >= 15 is 0 Å². The van der Waals surface area contributed by atoms with Crippen LogP contribution in [0, 0.1) is 0 Å². The first-order chi connectivity index (χ1) is 7.15. The molecule has 0 saturated carbocycles. The number of hydrogen-bond acceptors (Lipinski definition) is 4. The van der Waals surface area contributed by atoms with Gasteiger partial charge < -0.3 is 14.4 Å². The molecule has 0 aromatic carbocycles. The van der Waals surface area contributed by atoms with Crippen LogP contribution in [-0.4, -0.2) is 42.2 Å². The predicted octanol–water partition coefficient (Wildman–Crippen LogP) is 1.35. The number of likely N-dealkylation sites (tertiary alicyclic amines) is 1. The van der Waals surface area contributed by atoms with Crippen molar-refractivity contribution in [1.29, 1.82) is 0 Å². The zero-order chi connectivity index (χ0) is 11.3. The average Bonchev–Trinajstić information content (AvgIpc) is 2.62. The highest BCUT2D eigenvalue weighted by molar-refractivity contribution is 6.17. The first-order valence-corrected chi connectivity index (χ1v) is 5.31. The van der Waals surface area contributed by atoms with Crippen LogP contribution < -0.4 is 0 Å². The van der Waals surface area contributed by atoms with E-state index in [1.54, 1.807) is 4.90 Å². The Morgan fingerprint density at radius 1 is 1.47 bits per heavy atom. The van der Waals surface area contributed by atoms with Crippen molar-refractivity contribution in [3.8, 4) is 0 Å². The summed E-state index contributed by atoms with van der Waals surface area (Å²) in [5.74, 6) is -0.340. The summed E-state index contributed by atoms with van der Waals surface area (Å²) < 4.78 is 9.54. The number of esters is 1. The third kappa shape index (κ3) is 3.58. The molecular formula is C9H14ClNO4. The van der Waals surface area contributed by atoms with Crippen LogP contribution in [0.5, 0.6) is 0 Å². The fourth-order valence-electron chi connectivity index (χ4n) is 1.59. The molecule has 86 valence electrons. The van der Waals surface area contributed by atoms with Crippen LogP contribution in [-0.2, 0) is 14.3 Å². The van der Waals surface area contributed by atoms with Crippen molar-refractivity contribution in [3.63, 3.8) is 0 Å². The second-order valence-electron chi connectivity index (χ2n) is 3.31. The molecule has 1 atom stereocenters. The minimum Gasteiger partial charge on any atom is -0.464 e. The lowest BCUT2D eigenvalue weighted by atomic mass is 10.2. The van der Waals surface area contributed by atoms with E-state index in [9.17, 15) is 9.59 Å². The van der Waals surface area contributed by atoms with E-state index in [0.29, 0.717) is 6.54 Å². The molecule has 1 rings (SSSR count). The molecule has 0 unspecified atom stereocenters. The fourth-order valence-corrected chi connectivity index (χ4v) is 1.69. The van der Waals surface area contributed by atoms with Crippen LogP contribution in [0.4, 0.5) is 4.79 Å². The van der Waals surface area contributed by atoms with Crippen molar-refractivity contribution in [1.82, 2.24) is 4.90 Å². The minimum atomic E-state index is -0.445. The molecule has 1 amide bonds. The van der Waals surface area contributed by atoms with Gasteiger partial charge in [0, 0.05) is 13.5 Å². The molecule has 1 heterocycles. The van der Waals surface area contributed by atoms with Gasteiger partial charge in [-0.15, -0.1) is 0 Å². The van der Waals surface area contributed by atoms with Crippen molar-refractivity contribution >= 4 is 23.7 Å². The van der Waals surface area contributed by atoms with Crippen LogP contribution >= 0.6 is 11.6 Å². The summed E-state index contributed by atoms with van der Waals surface area (Å²) in [6.45, 7) is 2.20. The molecule has 0 bridgehead atoms. The first kappa shape index (κ1) is 12.1. The van der Waals surface area contributed by atoms with Gasteiger partial charge in [-0.1, -0.05) is 11.6 Å². The molecule has 0 N–H and O–H groups in total. The smallest absolute Gasteiger partial charge is 0.411 e. The molecule has 5 nitrogen and oxygen atoms in total. The average molecular weight is 236 g/mol. The van der Waals surface area contributed by atoms with E-state index in [4.69, 9.17) is 16.3 Å². The van der Waals surface area contributed by atoms with E-state index in [-0.39, 0.29) is 24.7 Å². The predicted molar refractivity (Wildman–Crippen MR) is 53.6 cm³/mol. The Hall–Kier alpha value is -0.970. The quantitative estimate of drug-likeness (QED) is 0.547. The number of carbonyl (C=O) groups excluding carboxylic acids is 2. The number of nitrogens with zero attached hydrogens (tertiary/aromatic N) is 1. The molecule has 1 fully saturated rings. The van der Waals surface area contributed by atoms with Crippen LogP contribution in [0.2, 0.25) is 0 Å². The lowest BCUT2D eigenvalue weighted by Gasteiger charge is -2.22. The number of amides is 1. The molecule has 15 heavy (non-hydrogen) atoms. The Morgan fingerprint density at radius 2 is 2.20 bits per heavy atom. The van der Waals surface area contributed by atoms with E-state index in [0.717, 1.165) is 12.8 Å². The molecule has 1 aliphatic rings. The van der Waals surface area contributed by atoms with Crippen LogP contribution in [0.3, 0.4) is 0 Å². The van der Waals surface area contributed by atoms with E-state index in [2.05, 4.69) is 4.74 Å². The summed E-state index contributed by atoms with van der Waals surface area (Å²) in [7, 11) is 0. The number of rotatable bonds is 3. The largest absolute Gasteiger partial charge is 0.464 e. The number of halogens is 1. The van der Waals surface area contributed by atoms with Crippen molar-refractivity contribution in [2.75, 3.05) is 19.2 Å². The Bertz CT molecular complexity index is 246. The van der Waals surface area contributed by atoms with Gasteiger partial charge in [-0.25, -0.2) is 4.79 Å². The minimum absolute atomic E-state index is 0.0791. The molecular weight excluding hydrogens is 222 g/mol. The number of ether oxygens (including phenoxy) is 2. The molecule has 1 aliphatic heterocycles. The maximum Gasteiger partial charge on any atom is 0.411 e. The van der Waals surface area contributed by atoms with Gasteiger partial charge in [-0.3, -0.25) is 4.79 Å². The summed E-state index contributed by atoms with van der Waals surface area (Å²) >= 11 is 5.29. The van der Waals surface area contributed by atoms with Gasteiger partial charge in [0.15, 0.2) is 6.07 Å². The summed E-state index contributed by atoms with van der Waals surface area (Å²) in [6.07, 6.45) is 1.27. The number of carbonyl (C=O) groups is 2. The van der Waals surface area contributed by atoms with E-state index in [1.165, 1.54) is 6.92 Å². The highest BCUT2D eigenvalue weighted by Crippen LogP contribution is 2.18. The SMILES string of the molecule is CC(=O)OC[C@@H]1CCCN1C(=O)OCCl. The third-order valence-electron chi connectivity index (χ3n) is 2.27. The van der Waals surface area contributed by atoms with Crippen molar-refractivity contribution < 1.29 is 19.1 Å². The standard InChI is InChI=1S/C9H14ClNO4/c1-7(12)14-5-8-3-2-4-11(8)9(13)15-6-10/h8H,2-6H2,1H3/t8-/m0/s1. The highest BCUT2D eigenvalue weighted by Gasteiger charge is 2.30. The summed E-state index contributed by atoms with van der Waals surface area (Å²) in [5.41, 5.74) is 0. The van der Waals surface area contributed by atoms with Gasteiger partial charge in [0.1, 0.15) is 6.61 Å². The monoisotopic (exact) mass is 235 g/mol. The second-order valence-corrected chi connectivity index (χ2v) is 3.53. The van der Waals surface area contributed by atoms with Crippen LogP contribution in [0.1, 0.15) is 19.8 Å². The molecule has 0 aromatic rings. The molecule has 0 aromatic heterocycles. The second kappa shape index (κ2) is 5.80. The topological polar surface area (TPSA) is 55.8 Å². The number of hydrogen-bond donors (Lipinski definition) is 0. The lowest BCUT2D eigenvalue weighted by Crippen LogP contribution is -2.38. The van der Waals surface area contributed by atoms with Gasteiger partial charge in [0.05, 0.1) is 6.04 Å². The summed E-state index contributed by atoms with van der Waals surface area (Å²) in [4.78, 5) is 23.6. The Balaban J connectivity index is 2.42. The molecule has 0 aliphatic carbocycles. The molecule has 6 heteroatoms. The fraction of sp³-hybridized carbons (Fsp3) is 0.778. The Labute approximate surface area is 93.3 Å². The molecule has 1 saturated heterocycles. The van der Waals surface area contributed by atoms with Crippen molar-refractivity contribution in [2.45, 2.75) is 25.8 Å². The van der Waals surface area contributed by atoms with E-state index in [1.807, 2.05) is 0 Å². The zero-order valence-electron chi connectivity index (χ0n) is 8.57. The maximum absolute atomic E-state index is 11.4. The van der Waals surface area contributed by atoms with Crippen LogP contribution in [0.15, 0.2) is 0 Å².